The summed E-state index contributed by atoms with van der Waals surface area (Å²) in [5, 5.41) is 12.5. The normalized spacial score (nSPS) is 10.5. The van der Waals surface area contributed by atoms with Gasteiger partial charge in [-0.3, -0.25) is 9.59 Å². The third-order valence-corrected chi connectivity index (χ3v) is 2.62. The maximum absolute atomic E-state index is 11.8. The zero-order chi connectivity index (χ0) is 13.0. The molecule has 1 aromatic heterocycles. The van der Waals surface area contributed by atoms with Gasteiger partial charge in [0.2, 0.25) is 0 Å². The van der Waals surface area contributed by atoms with E-state index in [1.807, 2.05) is 6.07 Å². The van der Waals surface area contributed by atoms with Gasteiger partial charge < -0.3 is 15.4 Å². The summed E-state index contributed by atoms with van der Waals surface area (Å²) in [6.07, 6.45) is 0.490. The number of nitrogens with one attached hydrogen (secondary N) is 2. The number of H-pyrrole nitrogens is 1. The molecule has 1 amide bonds. The molecule has 18 heavy (non-hydrogen) atoms. The summed E-state index contributed by atoms with van der Waals surface area (Å²) in [4.78, 5) is 26.1. The van der Waals surface area contributed by atoms with Crippen LogP contribution in [0.25, 0.3) is 10.8 Å². The number of aromatic nitrogens is 1. The molecular weight excluding hydrogens is 232 g/mol. The highest BCUT2D eigenvalue weighted by Gasteiger charge is 2.08. The largest absolute Gasteiger partial charge is 0.396 e. The zero-order valence-corrected chi connectivity index (χ0v) is 9.77. The van der Waals surface area contributed by atoms with Crippen LogP contribution in [-0.4, -0.2) is 29.1 Å². The molecule has 5 nitrogen and oxygen atoms in total. The highest BCUT2D eigenvalue weighted by molar-refractivity contribution is 5.96. The van der Waals surface area contributed by atoms with Crippen molar-refractivity contribution in [1.82, 2.24) is 10.3 Å². The van der Waals surface area contributed by atoms with Crippen LogP contribution in [0.4, 0.5) is 0 Å². The van der Waals surface area contributed by atoms with Gasteiger partial charge >= 0.3 is 0 Å². The van der Waals surface area contributed by atoms with E-state index in [1.165, 1.54) is 0 Å². The predicted molar refractivity (Wildman–Crippen MR) is 68.6 cm³/mol. The number of amides is 1. The second-order valence-corrected chi connectivity index (χ2v) is 3.93. The third kappa shape index (κ3) is 2.57. The molecule has 2 aromatic rings. The molecule has 0 radical (unpaired) electrons. The zero-order valence-electron chi connectivity index (χ0n) is 9.77. The van der Waals surface area contributed by atoms with Gasteiger partial charge in [0, 0.05) is 18.5 Å². The van der Waals surface area contributed by atoms with Crippen molar-refractivity contribution in [2.24, 2.45) is 0 Å². The Kier molecular flexibility index (Phi) is 3.74. The first-order chi connectivity index (χ1) is 8.72. The molecule has 0 bridgehead atoms. The van der Waals surface area contributed by atoms with Crippen molar-refractivity contribution in [2.45, 2.75) is 6.42 Å². The quantitative estimate of drug-likeness (QED) is 0.692. The van der Waals surface area contributed by atoms with Crippen LogP contribution in [0.5, 0.6) is 0 Å². The van der Waals surface area contributed by atoms with E-state index in [-0.39, 0.29) is 23.8 Å². The fourth-order valence-corrected chi connectivity index (χ4v) is 1.71. The van der Waals surface area contributed by atoms with Crippen LogP contribution in [-0.2, 0) is 0 Å². The fraction of sp³-hybridized carbons (Fsp3) is 0.231. The molecule has 0 saturated carbocycles. The second-order valence-electron chi connectivity index (χ2n) is 3.93. The first-order valence-corrected chi connectivity index (χ1v) is 5.73. The minimum Gasteiger partial charge on any atom is -0.396 e. The van der Waals surface area contributed by atoms with E-state index in [4.69, 9.17) is 5.11 Å². The Hall–Kier alpha value is -2.14. The van der Waals surface area contributed by atoms with Crippen molar-refractivity contribution in [2.75, 3.05) is 13.2 Å². The lowest BCUT2D eigenvalue weighted by Gasteiger charge is -2.05. The minimum atomic E-state index is -0.341. The summed E-state index contributed by atoms with van der Waals surface area (Å²) in [5.41, 5.74) is -0.0444. The number of hydrogen-bond donors (Lipinski definition) is 3. The van der Waals surface area contributed by atoms with Crippen LogP contribution in [0.15, 0.2) is 35.1 Å². The molecule has 0 aliphatic carbocycles. The monoisotopic (exact) mass is 246 g/mol. The van der Waals surface area contributed by atoms with Crippen LogP contribution in [0, 0.1) is 0 Å². The van der Waals surface area contributed by atoms with E-state index < -0.39 is 0 Å². The van der Waals surface area contributed by atoms with E-state index in [2.05, 4.69) is 10.3 Å². The van der Waals surface area contributed by atoms with Gasteiger partial charge in [-0.1, -0.05) is 18.2 Å². The van der Waals surface area contributed by atoms with Gasteiger partial charge in [0.05, 0.1) is 0 Å². The molecule has 0 fully saturated rings. The van der Waals surface area contributed by atoms with Crippen LogP contribution in [0.2, 0.25) is 0 Å². The summed E-state index contributed by atoms with van der Waals surface area (Å²) >= 11 is 0. The summed E-state index contributed by atoms with van der Waals surface area (Å²) in [6.45, 7) is 0.401. The van der Waals surface area contributed by atoms with E-state index in [0.29, 0.717) is 18.4 Å². The SMILES string of the molecule is O=C(NCCCO)c1cc2ccccc2c(=O)[nH]1. The molecule has 1 aromatic carbocycles. The molecule has 5 heteroatoms. The summed E-state index contributed by atoms with van der Waals surface area (Å²) in [7, 11) is 0. The molecule has 0 unspecified atom stereocenters. The van der Waals surface area contributed by atoms with Crippen molar-refractivity contribution in [3.8, 4) is 0 Å². The predicted octanol–water partition coefficient (Wildman–Crippen LogP) is 0.640. The number of aromatic amines is 1. The van der Waals surface area contributed by atoms with Crippen molar-refractivity contribution in [3.05, 3.63) is 46.4 Å². The molecule has 0 saturated heterocycles. The lowest BCUT2D eigenvalue weighted by atomic mass is 10.1. The van der Waals surface area contributed by atoms with Gasteiger partial charge in [0.15, 0.2) is 0 Å². The Morgan fingerprint density at radius 1 is 1.33 bits per heavy atom. The van der Waals surface area contributed by atoms with Crippen LogP contribution in [0.1, 0.15) is 16.9 Å². The average molecular weight is 246 g/mol. The number of carbonyl (C=O) groups is 1. The first kappa shape index (κ1) is 12.3. The number of aliphatic hydroxyl groups is 1. The van der Waals surface area contributed by atoms with Crippen molar-refractivity contribution >= 4 is 16.7 Å². The third-order valence-electron chi connectivity index (χ3n) is 2.62. The van der Waals surface area contributed by atoms with Gasteiger partial charge in [0.25, 0.3) is 11.5 Å². The standard InChI is InChI=1S/C13H14N2O3/c16-7-3-6-14-13(18)11-8-9-4-1-2-5-10(9)12(17)15-11/h1-2,4-5,8,16H,3,6-7H2,(H,14,18)(H,15,17). The van der Waals surface area contributed by atoms with E-state index in [1.54, 1.807) is 24.3 Å². The first-order valence-electron chi connectivity index (χ1n) is 5.73. The van der Waals surface area contributed by atoms with Gasteiger partial charge in [-0.05, 0) is 23.9 Å². The highest BCUT2D eigenvalue weighted by atomic mass is 16.3. The Morgan fingerprint density at radius 2 is 2.11 bits per heavy atom. The average Bonchev–Trinajstić information content (AvgIpc) is 2.39. The molecule has 1 heterocycles. The van der Waals surface area contributed by atoms with E-state index in [9.17, 15) is 9.59 Å². The molecular formula is C13H14N2O3. The Morgan fingerprint density at radius 3 is 2.89 bits per heavy atom. The number of pyridine rings is 1. The number of hydrogen-bond acceptors (Lipinski definition) is 3. The fourth-order valence-electron chi connectivity index (χ4n) is 1.71. The number of aliphatic hydroxyl groups excluding tert-OH is 1. The minimum absolute atomic E-state index is 0.0223. The van der Waals surface area contributed by atoms with Crippen LogP contribution >= 0.6 is 0 Å². The Balaban J connectivity index is 2.29. The maximum Gasteiger partial charge on any atom is 0.267 e. The van der Waals surface area contributed by atoms with Crippen LogP contribution < -0.4 is 10.9 Å². The molecule has 94 valence electrons. The lowest BCUT2D eigenvalue weighted by molar-refractivity contribution is 0.0946. The number of carbonyl (C=O) groups excluding carboxylic acids is 1. The molecule has 0 aliphatic heterocycles. The van der Waals surface area contributed by atoms with Crippen LogP contribution in [0.3, 0.4) is 0 Å². The highest BCUT2D eigenvalue weighted by Crippen LogP contribution is 2.09. The van der Waals surface area contributed by atoms with Gasteiger partial charge in [0.1, 0.15) is 5.69 Å². The smallest absolute Gasteiger partial charge is 0.267 e. The molecule has 3 N–H and O–H groups in total. The Bertz CT molecular complexity index is 619. The molecule has 2 rings (SSSR count). The number of benzene rings is 1. The number of rotatable bonds is 4. The van der Waals surface area contributed by atoms with Gasteiger partial charge in [-0.2, -0.15) is 0 Å². The van der Waals surface area contributed by atoms with Gasteiger partial charge in [-0.25, -0.2) is 0 Å². The summed E-state index contributed by atoms with van der Waals surface area (Å²) in [5.74, 6) is -0.341. The molecule has 0 aliphatic rings. The second kappa shape index (κ2) is 5.46. The molecule has 0 atom stereocenters. The van der Waals surface area contributed by atoms with E-state index >= 15 is 0 Å². The summed E-state index contributed by atoms with van der Waals surface area (Å²) in [6, 6.07) is 8.73. The van der Waals surface area contributed by atoms with Gasteiger partial charge in [-0.15, -0.1) is 0 Å². The Labute approximate surface area is 103 Å². The maximum atomic E-state index is 11.8. The van der Waals surface area contributed by atoms with Crippen molar-refractivity contribution < 1.29 is 9.90 Å². The van der Waals surface area contributed by atoms with Crippen molar-refractivity contribution in [3.63, 3.8) is 0 Å². The summed E-state index contributed by atoms with van der Waals surface area (Å²) < 4.78 is 0. The topological polar surface area (TPSA) is 82.2 Å². The lowest BCUT2D eigenvalue weighted by Crippen LogP contribution is -2.27. The van der Waals surface area contributed by atoms with Crippen molar-refractivity contribution in [1.29, 1.82) is 0 Å². The van der Waals surface area contributed by atoms with E-state index in [0.717, 1.165) is 5.39 Å². The molecule has 0 spiro atoms. The number of fused-ring (bicyclic) bond motifs is 1.